The summed E-state index contributed by atoms with van der Waals surface area (Å²) in [6.45, 7) is 1.02. The van der Waals surface area contributed by atoms with Crippen molar-refractivity contribution in [1.82, 2.24) is 10.2 Å². The van der Waals surface area contributed by atoms with E-state index in [1.165, 1.54) is 47.4 Å². The molecule has 13 heteroatoms. The molecule has 1 atom stereocenters. The zero-order chi connectivity index (χ0) is 31.1. The molecule has 3 aromatic rings. The first kappa shape index (κ1) is 32.2. The summed E-state index contributed by atoms with van der Waals surface area (Å²) in [4.78, 5) is 39.6. The highest BCUT2D eigenvalue weighted by Gasteiger charge is 2.35. The zero-order valence-electron chi connectivity index (χ0n) is 23.5. The Morgan fingerprint density at radius 2 is 1.67 bits per heavy atom. The van der Waals surface area contributed by atoms with Crippen molar-refractivity contribution in [3.63, 3.8) is 0 Å². The quantitative estimate of drug-likeness (QED) is 0.191. The van der Waals surface area contributed by atoms with E-state index in [-0.39, 0.29) is 41.2 Å². The molecule has 4 rings (SSSR count). The topological polar surface area (TPSA) is 130 Å². The number of amides is 2. The van der Waals surface area contributed by atoms with Crippen molar-refractivity contribution in [1.29, 1.82) is 0 Å². The van der Waals surface area contributed by atoms with Gasteiger partial charge < -0.3 is 10.2 Å². The lowest BCUT2D eigenvalue weighted by Gasteiger charge is -2.34. The number of halogens is 2. The Balaban J connectivity index is 1.74. The van der Waals surface area contributed by atoms with Gasteiger partial charge in [-0.1, -0.05) is 67.2 Å². The number of hydrogen-bond donors (Lipinski definition) is 1. The van der Waals surface area contributed by atoms with Gasteiger partial charge in [-0.2, -0.15) is 0 Å². The van der Waals surface area contributed by atoms with Crippen molar-refractivity contribution in [2.24, 2.45) is 0 Å². The number of benzene rings is 3. The fourth-order valence-electron chi connectivity index (χ4n) is 5.11. The first-order valence-electron chi connectivity index (χ1n) is 13.9. The number of sulfonamides is 1. The molecule has 0 unspecified atom stereocenters. The Hall–Kier alpha value is -3.67. The van der Waals surface area contributed by atoms with Gasteiger partial charge in [-0.15, -0.1) is 0 Å². The Labute approximate surface area is 260 Å². The van der Waals surface area contributed by atoms with Crippen LogP contribution in [0.15, 0.2) is 77.7 Å². The van der Waals surface area contributed by atoms with Gasteiger partial charge in [-0.05, 0) is 61.2 Å². The highest BCUT2D eigenvalue weighted by molar-refractivity contribution is 7.92. The fraction of sp³-hybridized carbons (Fsp3) is 0.333. The number of non-ortho nitro benzene ring substituents is 1. The van der Waals surface area contributed by atoms with Crippen LogP contribution in [-0.2, 0) is 26.2 Å². The van der Waals surface area contributed by atoms with E-state index < -0.39 is 33.4 Å². The molecule has 1 fully saturated rings. The SMILES string of the molecule is CC[C@@H](C(=O)NC1CCCC1)N(Cc1ccc(Cl)cc1Cl)C(=O)CN(c1ccc([N+](=O)[O-])cc1)S(=O)(=O)c1ccccc1. The molecule has 1 aliphatic carbocycles. The standard InChI is InChI=1S/C30H32Cl2N4O6S/c1-2-28(30(38)33-23-8-6-7-9-23)34(19-21-12-13-22(31)18-27(21)32)29(37)20-35(24-14-16-25(17-15-24)36(39)40)43(41,42)26-10-4-3-5-11-26/h3-5,10-18,23,28H,2,6-9,19-20H2,1H3,(H,33,38)/t28-/m0/s1. The van der Waals surface area contributed by atoms with Crippen LogP contribution in [0.4, 0.5) is 11.4 Å². The second-order valence-electron chi connectivity index (χ2n) is 10.3. The number of nitrogens with one attached hydrogen (secondary N) is 1. The minimum atomic E-state index is -4.30. The van der Waals surface area contributed by atoms with Crippen LogP contribution < -0.4 is 9.62 Å². The molecule has 1 N–H and O–H groups in total. The van der Waals surface area contributed by atoms with E-state index in [2.05, 4.69) is 5.32 Å². The molecule has 10 nitrogen and oxygen atoms in total. The van der Waals surface area contributed by atoms with Crippen LogP contribution in [0.2, 0.25) is 10.0 Å². The maximum absolute atomic E-state index is 14.2. The van der Waals surface area contributed by atoms with Gasteiger partial charge in [-0.25, -0.2) is 8.42 Å². The molecule has 0 saturated heterocycles. The molecule has 3 aromatic carbocycles. The number of carbonyl (C=O) groups is 2. The van der Waals surface area contributed by atoms with Crippen molar-refractivity contribution in [2.75, 3.05) is 10.8 Å². The Bertz CT molecular complexity index is 1570. The van der Waals surface area contributed by atoms with Gasteiger partial charge in [0.05, 0.1) is 15.5 Å². The van der Waals surface area contributed by atoms with Gasteiger partial charge in [0.15, 0.2) is 0 Å². The second-order valence-corrected chi connectivity index (χ2v) is 13.0. The maximum Gasteiger partial charge on any atom is 0.269 e. The molecule has 0 heterocycles. The van der Waals surface area contributed by atoms with E-state index in [0.717, 1.165) is 30.0 Å². The molecule has 228 valence electrons. The Morgan fingerprint density at radius 3 is 2.26 bits per heavy atom. The summed E-state index contributed by atoms with van der Waals surface area (Å²) in [5.41, 5.74) is 0.343. The summed E-state index contributed by atoms with van der Waals surface area (Å²) < 4.78 is 28.6. The first-order chi connectivity index (χ1) is 20.5. The number of nitrogens with zero attached hydrogens (tertiary/aromatic N) is 3. The second kappa shape index (κ2) is 14.2. The van der Waals surface area contributed by atoms with E-state index in [1.54, 1.807) is 37.3 Å². The predicted molar refractivity (Wildman–Crippen MR) is 166 cm³/mol. The van der Waals surface area contributed by atoms with Crippen molar-refractivity contribution < 1.29 is 22.9 Å². The summed E-state index contributed by atoms with van der Waals surface area (Å²) in [6.07, 6.45) is 3.97. The van der Waals surface area contributed by atoms with Gasteiger partial charge in [0, 0.05) is 34.8 Å². The highest BCUT2D eigenvalue weighted by Crippen LogP contribution is 2.28. The zero-order valence-corrected chi connectivity index (χ0v) is 25.8. The Morgan fingerprint density at radius 1 is 1.02 bits per heavy atom. The van der Waals surface area contributed by atoms with Crippen molar-refractivity contribution in [3.05, 3.63) is 98.5 Å². The summed E-state index contributed by atoms with van der Waals surface area (Å²) in [6, 6.07) is 16.3. The molecule has 2 amide bonds. The van der Waals surface area contributed by atoms with Crippen LogP contribution in [0.1, 0.15) is 44.6 Å². The van der Waals surface area contributed by atoms with Crippen LogP contribution in [-0.4, -0.2) is 48.7 Å². The van der Waals surface area contributed by atoms with E-state index in [0.29, 0.717) is 15.6 Å². The van der Waals surface area contributed by atoms with E-state index >= 15 is 0 Å². The summed E-state index contributed by atoms with van der Waals surface area (Å²) in [7, 11) is -4.30. The fourth-order valence-corrected chi connectivity index (χ4v) is 7.01. The third-order valence-electron chi connectivity index (χ3n) is 7.40. The van der Waals surface area contributed by atoms with Crippen molar-refractivity contribution in [2.45, 2.75) is 62.6 Å². The van der Waals surface area contributed by atoms with E-state index in [9.17, 15) is 28.1 Å². The normalized spacial score (nSPS) is 14.2. The summed E-state index contributed by atoms with van der Waals surface area (Å²) in [5, 5.41) is 15.0. The largest absolute Gasteiger partial charge is 0.352 e. The highest BCUT2D eigenvalue weighted by atomic mass is 35.5. The van der Waals surface area contributed by atoms with Crippen molar-refractivity contribution >= 4 is 56.4 Å². The summed E-state index contributed by atoms with van der Waals surface area (Å²) >= 11 is 12.5. The first-order valence-corrected chi connectivity index (χ1v) is 16.1. The van der Waals surface area contributed by atoms with Gasteiger partial charge in [0.1, 0.15) is 12.6 Å². The third kappa shape index (κ3) is 7.84. The number of anilines is 1. The summed E-state index contributed by atoms with van der Waals surface area (Å²) in [5.74, 6) is -0.988. The van der Waals surface area contributed by atoms with Crippen LogP contribution in [0.25, 0.3) is 0 Å². The van der Waals surface area contributed by atoms with Crippen molar-refractivity contribution in [3.8, 4) is 0 Å². The number of nitro groups is 1. The van der Waals surface area contributed by atoms with Gasteiger partial charge in [0.25, 0.3) is 15.7 Å². The minimum absolute atomic E-state index is 0.00712. The van der Waals surface area contributed by atoms with Crippen LogP contribution in [0.3, 0.4) is 0 Å². The van der Waals surface area contributed by atoms with Crippen LogP contribution >= 0.6 is 23.2 Å². The van der Waals surface area contributed by atoms with Gasteiger partial charge >= 0.3 is 0 Å². The lowest BCUT2D eigenvalue weighted by atomic mass is 10.1. The Kier molecular flexibility index (Phi) is 10.6. The molecule has 0 spiro atoms. The average molecular weight is 648 g/mol. The third-order valence-corrected chi connectivity index (χ3v) is 9.78. The lowest BCUT2D eigenvalue weighted by Crippen LogP contribution is -2.53. The van der Waals surface area contributed by atoms with E-state index in [1.807, 2.05) is 0 Å². The monoisotopic (exact) mass is 646 g/mol. The lowest BCUT2D eigenvalue weighted by molar-refractivity contribution is -0.384. The molecule has 43 heavy (non-hydrogen) atoms. The number of hydrogen-bond acceptors (Lipinski definition) is 6. The minimum Gasteiger partial charge on any atom is -0.352 e. The number of nitro benzene ring substituents is 1. The number of rotatable bonds is 12. The smallest absolute Gasteiger partial charge is 0.269 e. The molecule has 0 aliphatic heterocycles. The molecule has 1 aliphatic rings. The molecular formula is C30H32Cl2N4O6S. The molecule has 1 saturated carbocycles. The van der Waals surface area contributed by atoms with Gasteiger partial charge in [0.2, 0.25) is 11.8 Å². The molecule has 0 aromatic heterocycles. The average Bonchev–Trinajstić information content (AvgIpc) is 3.50. The van der Waals surface area contributed by atoms with Gasteiger partial charge in [-0.3, -0.25) is 24.0 Å². The predicted octanol–water partition coefficient (Wildman–Crippen LogP) is 5.96. The van der Waals surface area contributed by atoms with Crippen LogP contribution in [0.5, 0.6) is 0 Å². The molecule has 0 bridgehead atoms. The maximum atomic E-state index is 14.2. The van der Waals surface area contributed by atoms with E-state index in [4.69, 9.17) is 23.2 Å². The number of carbonyl (C=O) groups excluding carboxylic acids is 2. The molecular weight excluding hydrogens is 615 g/mol. The molecule has 0 radical (unpaired) electrons. The van der Waals surface area contributed by atoms with Crippen LogP contribution in [0, 0.1) is 10.1 Å².